The van der Waals surface area contributed by atoms with Crippen molar-refractivity contribution >= 4 is 0 Å². The third kappa shape index (κ3) is 3.52. The van der Waals surface area contributed by atoms with Crippen molar-refractivity contribution in [2.75, 3.05) is 13.2 Å². The Bertz CT molecular complexity index is 275. The van der Waals surface area contributed by atoms with E-state index in [0.717, 1.165) is 12.6 Å². The average Bonchev–Trinajstić information content (AvgIpc) is 2.82. The molecule has 2 atom stereocenters. The van der Waals surface area contributed by atoms with E-state index in [2.05, 4.69) is 33.0 Å². The summed E-state index contributed by atoms with van der Waals surface area (Å²) in [5, 5.41) is 3.76. The second kappa shape index (κ2) is 6.13. The molecule has 0 amide bonds. The molecule has 1 spiro atoms. The van der Waals surface area contributed by atoms with Crippen molar-refractivity contribution in [3.8, 4) is 0 Å². The van der Waals surface area contributed by atoms with Crippen molar-refractivity contribution in [3.05, 3.63) is 0 Å². The Morgan fingerprint density at radius 3 is 2.47 bits per heavy atom. The highest BCUT2D eigenvalue weighted by Crippen LogP contribution is 2.54. The summed E-state index contributed by atoms with van der Waals surface area (Å²) >= 11 is 0. The summed E-state index contributed by atoms with van der Waals surface area (Å²) in [4.78, 5) is 0. The van der Waals surface area contributed by atoms with E-state index in [4.69, 9.17) is 4.74 Å². The van der Waals surface area contributed by atoms with Crippen LogP contribution in [0.15, 0.2) is 0 Å². The predicted octanol–water partition coefficient (Wildman–Crippen LogP) is 4.14. The lowest BCUT2D eigenvalue weighted by molar-refractivity contribution is -0.136. The fourth-order valence-electron chi connectivity index (χ4n) is 3.80. The van der Waals surface area contributed by atoms with E-state index in [-0.39, 0.29) is 0 Å². The SMILES string of the molecule is CCCNC1CC(OCCC(C)(C)C)C12CCCC2. The molecule has 0 bridgehead atoms. The molecule has 0 aromatic heterocycles. The van der Waals surface area contributed by atoms with E-state index in [1.54, 1.807) is 0 Å². The minimum Gasteiger partial charge on any atom is -0.377 e. The zero-order valence-corrected chi connectivity index (χ0v) is 13.4. The molecule has 0 heterocycles. The van der Waals surface area contributed by atoms with Gasteiger partial charge in [0.2, 0.25) is 0 Å². The van der Waals surface area contributed by atoms with Gasteiger partial charge in [0.05, 0.1) is 6.10 Å². The van der Waals surface area contributed by atoms with Gasteiger partial charge in [-0.3, -0.25) is 0 Å². The van der Waals surface area contributed by atoms with Crippen molar-refractivity contribution in [2.24, 2.45) is 10.8 Å². The lowest BCUT2D eigenvalue weighted by atomic mass is 9.60. The predicted molar refractivity (Wildman–Crippen MR) is 81.4 cm³/mol. The summed E-state index contributed by atoms with van der Waals surface area (Å²) in [7, 11) is 0. The summed E-state index contributed by atoms with van der Waals surface area (Å²) in [5.41, 5.74) is 0.888. The van der Waals surface area contributed by atoms with E-state index < -0.39 is 0 Å². The summed E-state index contributed by atoms with van der Waals surface area (Å²) in [6.45, 7) is 11.3. The van der Waals surface area contributed by atoms with Crippen LogP contribution in [0.25, 0.3) is 0 Å². The molecular formula is C17H33NO. The smallest absolute Gasteiger partial charge is 0.0661 e. The van der Waals surface area contributed by atoms with Gasteiger partial charge in [-0.2, -0.15) is 0 Å². The van der Waals surface area contributed by atoms with Gasteiger partial charge in [-0.25, -0.2) is 0 Å². The Morgan fingerprint density at radius 2 is 1.89 bits per heavy atom. The Morgan fingerprint density at radius 1 is 1.21 bits per heavy atom. The van der Waals surface area contributed by atoms with Gasteiger partial charge in [-0.15, -0.1) is 0 Å². The number of nitrogens with one attached hydrogen (secondary N) is 1. The fourth-order valence-corrected chi connectivity index (χ4v) is 3.80. The van der Waals surface area contributed by atoms with Crippen LogP contribution in [0.4, 0.5) is 0 Å². The molecule has 0 radical (unpaired) electrons. The summed E-state index contributed by atoms with van der Waals surface area (Å²) in [6.07, 6.45) is 9.77. The molecule has 0 saturated heterocycles. The molecule has 2 unspecified atom stereocenters. The normalized spacial score (nSPS) is 29.7. The second-order valence-electron chi connectivity index (χ2n) is 7.85. The molecule has 2 nitrogen and oxygen atoms in total. The Balaban J connectivity index is 1.81. The van der Waals surface area contributed by atoms with Gasteiger partial charge in [0.15, 0.2) is 0 Å². The highest BCUT2D eigenvalue weighted by Gasteiger charge is 2.56. The molecule has 2 aliphatic rings. The quantitative estimate of drug-likeness (QED) is 0.781. The molecule has 2 rings (SSSR count). The van der Waals surface area contributed by atoms with Gasteiger partial charge in [0, 0.05) is 18.1 Å². The van der Waals surface area contributed by atoms with Gasteiger partial charge >= 0.3 is 0 Å². The Labute approximate surface area is 119 Å². The first kappa shape index (κ1) is 15.3. The maximum Gasteiger partial charge on any atom is 0.0661 e. The summed E-state index contributed by atoms with van der Waals surface area (Å²) < 4.78 is 6.26. The van der Waals surface area contributed by atoms with Crippen LogP contribution in [0.3, 0.4) is 0 Å². The first-order valence-electron chi connectivity index (χ1n) is 8.33. The molecule has 19 heavy (non-hydrogen) atoms. The largest absolute Gasteiger partial charge is 0.377 e. The highest BCUT2D eigenvalue weighted by molar-refractivity contribution is 5.09. The van der Waals surface area contributed by atoms with E-state index in [0.29, 0.717) is 16.9 Å². The van der Waals surface area contributed by atoms with Crippen molar-refractivity contribution in [1.29, 1.82) is 0 Å². The van der Waals surface area contributed by atoms with E-state index in [1.807, 2.05) is 0 Å². The molecule has 0 aliphatic heterocycles. The van der Waals surface area contributed by atoms with Crippen molar-refractivity contribution < 1.29 is 4.74 Å². The summed E-state index contributed by atoms with van der Waals surface area (Å²) in [6, 6.07) is 0.731. The van der Waals surface area contributed by atoms with Gasteiger partial charge in [-0.05, 0) is 44.1 Å². The minimum absolute atomic E-state index is 0.395. The van der Waals surface area contributed by atoms with Crippen LogP contribution in [-0.2, 0) is 4.74 Å². The molecular weight excluding hydrogens is 234 g/mol. The zero-order chi connectivity index (χ0) is 13.9. The highest BCUT2D eigenvalue weighted by atomic mass is 16.5. The van der Waals surface area contributed by atoms with Crippen LogP contribution in [0, 0.1) is 10.8 Å². The number of ether oxygens (including phenoxy) is 1. The number of rotatable bonds is 6. The topological polar surface area (TPSA) is 21.3 Å². The molecule has 2 heteroatoms. The maximum atomic E-state index is 6.26. The number of hydrogen-bond acceptors (Lipinski definition) is 2. The number of hydrogen-bond donors (Lipinski definition) is 1. The van der Waals surface area contributed by atoms with Crippen LogP contribution in [0.2, 0.25) is 0 Å². The van der Waals surface area contributed by atoms with Crippen LogP contribution in [0.1, 0.15) is 72.6 Å². The average molecular weight is 267 g/mol. The molecule has 2 saturated carbocycles. The van der Waals surface area contributed by atoms with Gasteiger partial charge < -0.3 is 10.1 Å². The van der Waals surface area contributed by atoms with E-state index in [1.165, 1.54) is 51.5 Å². The van der Waals surface area contributed by atoms with Crippen molar-refractivity contribution in [1.82, 2.24) is 5.32 Å². The van der Waals surface area contributed by atoms with Crippen LogP contribution in [-0.4, -0.2) is 25.3 Å². The zero-order valence-electron chi connectivity index (χ0n) is 13.4. The second-order valence-corrected chi connectivity index (χ2v) is 7.85. The maximum absolute atomic E-state index is 6.26. The monoisotopic (exact) mass is 267 g/mol. The Kier molecular flexibility index (Phi) is 4.94. The lowest BCUT2D eigenvalue weighted by Gasteiger charge is -2.54. The fraction of sp³-hybridized carbons (Fsp3) is 1.00. The van der Waals surface area contributed by atoms with Crippen LogP contribution < -0.4 is 5.32 Å². The third-order valence-electron chi connectivity index (χ3n) is 5.13. The molecule has 1 N–H and O–H groups in total. The van der Waals surface area contributed by atoms with Crippen molar-refractivity contribution in [2.45, 2.75) is 84.8 Å². The van der Waals surface area contributed by atoms with Crippen LogP contribution >= 0.6 is 0 Å². The van der Waals surface area contributed by atoms with Crippen molar-refractivity contribution in [3.63, 3.8) is 0 Å². The summed E-state index contributed by atoms with van der Waals surface area (Å²) in [5.74, 6) is 0. The van der Waals surface area contributed by atoms with Crippen LogP contribution in [0.5, 0.6) is 0 Å². The third-order valence-corrected chi connectivity index (χ3v) is 5.13. The first-order valence-corrected chi connectivity index (χ1v) is 8.33. The Hall–Kier alpha value is -0.0800. The minimum atomic E-state index is 0.395. The molecule has 2 aliphatic carbocycles. The van der Waals surface area contributed by atoms with Gasteiger partial charge in [-0.1, -0.05) is 40.5 Å². The molecule has 0 aromatic carbocycles. The molecule has 112 valence electrons. The van der Waals surface area contributed by atoms with E-state index in [9.17, 15) is 0 Å². The van der Waals surface area contributed by atoms with Gasteiger partial charge in [0.25, 0.3) is 0 Å². The lowest BCUT2D eigenvalue weighted by Crippen LogP contribution is -2.62. The molecule has 2 fully saturated rings. The standard InChI is InChI=1S/C17H33NO/c1-5-11-18-14-13-15(17(14)8-6-7-9-17)19-12-10-16(2,3)4/h14-15,18H,5-13H2,1-4H3. The van der Waals surface area contributed by atoms with Gasteiger partial charge in [0.1, 0.15) is 0 Å². The first-order chi connectivity index (χ1) is 8.98. The van der Waals surface area contributed by atoms with E-state index >= 15 is 0 Å². The molecule has 0 aromatic rings.